The van der Waals surface area contributed by atoms with Crippen LogP contribution in [0.2, 0.25) is 0 Å². The van der Waals surface area contributed by atoms with Crippen molar-refractivity contribution in [1.29, 1.82) is 0 Å². The molecule has 17 heavy (non-hydrogen) atoms. The van der Waals surface area contributed by atoms with E-state index in [2.05, 4.69) is 0 Å². The largest absolute Gasteiger partial charge is 0.480 e. The number of carbonyl (C=O) groups excluding carboxylic acids is 2. The van der Waals surface area contributed by atoms with Crippen LogP contribution in [0.3, 0.4) is 0 Å². The van der Waals surface area contributed by atoms with Gasteiger partial charge in [0.15, 0.2) is 6.04 Å². The van der Waals surface area contributed by atoms with Crippen LogP contribution in [-0.2, 0) is 14.4 Å². The minimum absolute atomic E-state index is 0.190. The Kier molecular flexibility index (Phi) is 3.01. The number of aliphatic carboxylic acids is 1. The smallest absolute Gasteiger partial charge is 0.328 e. The molecule has 3 N–H and O–H groups in total. The second-order valence-electron chi connectivity index (χ2n) is 4.34. The lowest BCUT2D eigenvalue weighted by Gasteiger charge is -2.41. The molecule has 2 rings (SSSR count). The van der Waals surface area contributed by atoms with E-state index in [9.17, 15) is 14.4 Å². The van der Waals surface area contributed by atoms with Crippen molar-refractivity contribution in [2.45, 2.75) is 37.8 Å². The quantitative estimate of drug-likeness (QED) is 0.608. The van der Waals surface area contributed by atoms with Gasteiger partial charge in [0, 0.05) is 13.0 Å². The molecule has 0 aromatic rings. The summed E-state index contributed by atoms with van der Waals surface area (Å²) in [6.45, 7) is 0.390. The van der Waals surface area contributed by atoms with Gasteiger partial charge in [-0.1, -0.05) is 0 Å². The van der Waals surface area contributed by atoms with Crippen molar-refractivity contribution in [2.24, 2.45) is 5.73 Å². The second-order valence-corrected chi connectivity index (χ2v) is 4.34. The molecule has 0 aromatic carbocycles. The Morgan fingerprint density at radius 2 is 2.06 bits per heavy atom. The second kappa shape index (κ2) is 4.33. The van der Waals surface area contributed by atoms with Gasteiger partial charge in [-0.25, -0.2) is 9.80 Å². The van der Waals surface area contributed by atoms with E-state index in [0.29, 0.717) is 19.4 Å². The van der Waals surface area contributed by atoms with Crippen molar-refractivity contribution < 1.29 is 19.5 Å². The van der Waals surface area contributed by atoms with Crippen LogP contribution in [0.25, 0.3) is 0 Å². The highest BCUT2D eigenvalue weighted by atomic mass is 16.4. The Bertz CT molecular complexity index is 371. The third-order valence-electron chi connectivity index (χ3n) is 3.19. The van der Waals surface area contributed by atoms with Crippen LogP contribution in [0.4, 0.5) is 0 Å². The summed E-state index contributed by atoms with van der Waals surface area (Å²) in [6, 6.07) is -1.76. The molecule has 0 spiro atoms. The lowest BCUT2D eigenvalue weighted by molar-refractivity contribution is -0.180. The molecule has 2 aliphatic heterocycles. The number of rotatable bonds is 1. The van der Waals surface area contributed by atoms with Gasteiger partial charge in [-0.2, -0.15) is 0 Å². The molecule has 2 saturated heterocycles. The van der Waals surface area contributed by atoms with E-state index in [4.69, 9.17) is 10.8 Å². The van der Waals surface area contributed by atoms with Crippen molar-refractivity contribution in [2.75, 3.05) is 6.54 Å². The highest BCUT2D eigenvalue weighted by molar-refractivity contribution is 5.91. The number of carbonyl (C=O) groups is 3. The average Bonchev–Trinajstić information content (AvgIpc) is 2.42. The van der Waals surface area contributed by atoms with Crippen LogP contribution >= 0.6 is 0 Å². The lowest BCUT2D eigenvalue weighted by Crippen LogP contribution is -2.61. The molecule has 2 heterocycles. The molecule has 0 aliphatic carbocycles. The zero-order valence-electron chi connectivity index (χ0n) is 9.33. The minimum atomic E-state index is -1.09. The molecule has 0 saturated carbocycles. The molecule has 2 atom stereocenters. The van der Waals surface area contributed by atoms with Gasteiger partial charge in [-0.05, 0) is 19.3 Å². The molecular formula is C10H15N3O4. The summed E-state index contributed by atoms with van der Waals surface area (Å²) < 4.78 is 0. The maximum Gasteiger partial charge on any atom is 0.328 e. The molecule has 2 amide bonds. The summed E-state index contributed by atoms with van der Waals surface area (Å²) in [5.41, 5.74) is 5.65. The standard InChI is InChI=1S/C10H15N3O4/c11-6-3-4-8(14)12-5-1-2-7(10(16)17)13(12)9(6)15/h6-7H,1-5,11H2,(H,16,17). The van der Waals surface area contributed by atoms with Crippen LogP contribution in [-0.4, -0.2) is 51.5 Å². The topological polar surface area (TPSA) is 104 Å². The van der Waals surface area contributed by atoms with Crippen molar-refractivity contribution >= 4 is 17.8 Å². The van der Waals surface area contributed by atoms with Gasteiger partial charge < -0.3 is 10.8 Å². The van der Waals surface area contributed by atoms with Crippen LogP contribution in [0, 0.1) is 0 Å². The van der Waals surface area contributed by atoms with Crippen LogP contribution in [0.15, 0.2) is 0 Å². The van der Waals surface area contributed by atoms with Crippen LogP contribution < -0.4 is 5.73 Å². The minimum Gasteiger partial charge on any atom is -0.480 e. The predicted molar refractivity (Wildman–Crippen MR) is 56.4 cm³/mol. The fourth-order valence-electron chi connectivity index (χ4n) is 2.28. The van der Waals surface area contributed by atoms with Crippen molar-refractivity contribution in [3.63, 3.8) is 0 Å². The van der Waals surface area contributed by atoms with Gasteiger partial charge in [-0.3, -0.25) is 14.6 Å². The zero-order chi connectivity index (χ0) is 12.6. The number of carboxylic acid groups (broad SMARTS) is 1. The monoisotopic (exact) mass is 241 g/mol. The first-order valence-corrected chi connectivity index (χ1v) is 5.64. The van der Waals surface area contributed by atoms with Gasteiger partial charge >= 0.3 is 5.97 Å². The van der Waals surface area contributed by atoms with Crippen LogP contribution in [0.1, 0.15) is 25.7 Å². The Morgan fingerprint density at radius 1 is 1.35 bits per heavy atom. The van der Waals surface area contributed by atoms with E-state index in [1.165, 1.54) is 5.01 Å². The van der Waals surface area contributed by atoms with E-state index in [0.717, 1.165) is 5.01 Å². The molecule has 2 fully saturated rings. The molecule has 0 bridgehead atoms. The first-order chi connectivity index (χ1) is 8.02. The Balaban J connectivity index is 2.34. The van der Waals surface area contributed by atoms with Crippen molar-refractivity contribution in [1.82, 2.24) is 10.0 Å². The van der Waals surface area contributed by atoms with Gasteiger partial charge in [0.2, 0.25) is 5.91 Å². The highest BCUT2D eigenvalue weighted by Crippen LogP contribution is 2.24. The Labute approximate surface area is 98.1 Å². The number of amides is 2. The number of hydrogen-bond donors (Lipinski definition) is 2. The van der Waals surface area contributed by atoms with Gasteiger partial charge in [0.25, 0.3) is 5.91 Å². The third-order valence-corrected chi connectivity index (χ3v) is 3.19. The summed E-state index contributed by atoms with van der Waals surface area (Å²) in [4.78, 5) is 34.9. The Morgan fingerprint density at radius 3 is 2.71 bits per heavy atom. The number of hydrazine groups is 1. The molecule has 2 aliphatic rings. The Hall–Kier alpha value is -1.63. The average molecular weight is 241 g/mol. The molecule has 7 heteroatoms. The fraction of sp³-hybridized carbons (Fsp3) is 0.700. The highest BCUT2D eigenvalue weighted by Gasteiger charge is 2.43. The van der Waals surface area contributed by atoms with E-state index in [1.807, 2.05) is 0 Å². The molecular weight excluding hydrogens is 226 g/mol. The number of fused-ring (bicyclic) bond motifs is 1. The van der Waals surface area contributed by atoms with Crippen molar-refractivity contribution in [3.05, 3.63) is 0 Å². The molecule has 2 unspecified atom stereocenters. The molecule has 94 valence electrons. The lowest BCUT2D eigenvalue weighted by atomic mass is 10.1. The maximum absolute atomic E-state index is 12.0. The predicted octanol–water partition coefficient (Wildman–Crippen LogP) is -1.07. The number of hydrogen-bond acceptors (Lipinski definition) is 4. The first kappa shape index (κ1) is 11.8. The van der Waals surface area contributed by atoms with Crippen molar-refractivity contribution in [3.8, 4) is 0 Å². The maximum atomic E-state index is 12.0. The SMILES string of the molecule is NC1CCC(=O)N2CCCC(C(=O)O)N2C1=O. The summed E-state index contributed by atoms with van der Waals surface area (Å²) >= 11 is 0. The van der Waals surface area contributed by atoms with Gasteiger partial charge in [0.1, 0.15) is 0 Å². The first-order valence-electron chi connectivity index (χ1n) is 5.64. The fourth-order valence-corrected chi connectivity index (χ4v) is 2.28. The number of nitrogens with zero attached hydrogens (tertiary/aromatic N) is 2. The van der Waals surface area contributed by atoms with E-state index in [-0.39, 0.29) is 18.7 Å². The zero-order valence-corrected chi connectivity index (χ0v) is 9.33. The van der Waals surface area contributed by atoms with Crippen LogP contribution in [0.5, 0.6) is 0 Å². The summed E-state index contributed by atoms with van der Waals surface area (Å²) in [6.07, 6.45) is 1.41. The summed E-state index contributed by atoms with van der Waals surface area (Å²) in [7, 11) is 0. The van der Waals surface area contributed by atoms with Gasteiger partial charge in [-0.15, -0.1) is 0 Å². The number of nitrogens with two attached hydrogens (primary N) is 1. The molecule has 0 aromatic heterocycles. The summed E-state index contributed by atoms with van der Waals surface area (Å²) in [5, 5.41) is 11.4. The normalized spacial score (nSPS) is 29.9. The summed E-state index contributed by atoms with van der Waals surface area (Å²) in [5.74, 6) is -1.79. The van der Waals surface area contributed by atoms with E-state index in [1.54, 1.807) is 0 Å². The third kappa shape index (κ3) is 1.97. The molecule has 7 nitrogen and oxygen atoms in total. The van der Waals surface area contributed by atoms with Gasteiger partial charge in [0.05, 0.1) is 6.04 Å². The van der Waals surface area contributed by atoms with E-state index >= 15 is 0 Å². The number of carboxylic acids is 1. The molecule has 0 radical (unpaired) electrons. The van der Waals surface area contributed by atoms with E-state index < -0.39 is 24.0 Å².